The van der Waals surface area contributed by atoms with Gasteiger partial charge in [-0.05, 0) is 46.3 Å². The lowest BCUT2D eigenvalue weighted by molar-refractivity contribution is 0.102. The molecule has 1 amide bonds. The zero-order valence-electron chi connectivity index (χ0n) is 10.7. The summed E-state index contributed by atoms with van der Waals surface area (Å²) in [4.78, 5) is 20.8. The average Bonchev–Trinajstić information content (AvgIpc) is 2.50. The van der Waals surface area contributed by atoms with Gasteiger partial charge in [-0.15, -0.1) is 0 Å². The molecule has 1 heterocycles. The quantitative estimate of drug-likeness (QED) is 0.739. The van der Waals surface area contributed by atoms with Gasteiger partial charge in [0.15, 0.2) is 0 Å². The number of rotatable bonds is 2. The molecule has 2 aromatic carbocycles. The number of carbonyl (C=O) groups excluding carboxylic acids is 1. The number of amides is 1. The summed E-state index contributed by atoms with van der Waals surface area (Å²) >= 11 is 9.33. The Morgan fingerprint density at radius 3 is 2.76 bits per heavy atom. The second-order valence-electron chi connectivity index (χ2n) is 4.31. The van der Waals surface area contributed by atoms with Crippen LogP contribution in [0.4, 0.5) is 5.69 Å². The van der Waals surface area contributed by atoms with Crippen LogP contribution in [0.15, 0.2) is 53.3 Å². The highest BCUT2D eigenvalue weighted by atomic mass is 79.9. The Hall–Kier alpha value is -1.98. The van der Waals surface area contributed by atoms with Gasteiger partial charge in [0.25, 0.3) is 5.91 Å². The number of aromatic nitrogens is 2. The molecule has 0 fully saturated rings. The monoisotopic (exact) mass is 361 g/mol. The number of fused-ring (bicyclic) bond motifs is 1. The van der Waals surface area contributed by atoms with Gasteiger partial charge in [0.1, 0.15) is 5.52 Å². The van der Waals surface area contributed by atoms with Crippen molar-refractivity contribution in [2.75, 3.05) is 5.32 Å². The molecule has 1 N–H and O–H groups in total. The molecule has 0 saturated carbocycles. The fourth-order valence-corrected chi connectivity index (χ4v) is 2.38. The first-order valence-corrected chi connectivity index (χ1v) is 7.28. The van der Waals surface area contributed by atoms with Gasteiger partial charge in [-0.2, -0.15) is 0 Å². The normalized spacial score (nSPS) is 10.6. The highest BCUT2D eigenvalue weighted by Crippen LogP contribution is 2.26. The molecule has 3 rings (SSSR count). The smallest absolute Gasteiger partial charge is 0.257 e. The third-order valence-corrected chi connectivity index (χ3v) is 4.15. The summed E-state index contributed by atoms with van der Waals surface area (Å²) in [6.45, 7) is 0. The zero-order chi connectivity index (χ0) is 14.8. The Morgan fingerprint density at radius 2 is 1.95 bits per heavy atom. The van der Waals surface area contributed by atoms with Crippen molar-refractivity contribution in [3.63, 3.8) is 0 Å². The van der Waals surface area contributed by atoms with Crippen LogP contribution in [0.25, 0.3) is 11.0 Å². The van der Waals surface area contributed by atoms with Crippen molar-refractivity contribution in [3.05, 3.63) is 63.9 Å². The van der Waals surface area contributed by atoms with Gasteiger partial charge in [0, 0.05) is 22.6 Å². The highest BCUT2D eigenvalue weighted by Gasteiger charge is 2.12. The highest BCUT2D eigenvalue weighted by molar-refractivity contribution is 9.10. The molecule has 6 heteroatoms. The maximum Gasteiger partial charge on any atom is 0.257 e. The number of carbonyl (C=O) groups is 1. The van der Waals surface area contributed by atoms with E-state index in [1.807, 2.05) is 6.07 Å². The van der Waals surface area contributed by atoms with Crippen molar-refractivity contribution in [1.82, 2.24) is 9.97 Å². The third-order valence-electron chi connectivity index (χ3n) is 2.92. The lowest BCUT2D eigenvalue weighted by atomic mass is 10.1. The van der Waals surface area contributed by atoms with Gasteiger partial charge >= 0.3 is 0 Å². The molecular weight excluding hydrogens is 354 g/mol. The fraction of sp³-hybridized carbons (Fsp3) is 0. The van der Waals surface area contributed by atoms with Gasteiger partial charge < -0.3 is 5.32 Å². The van der Waals surface area contributed by atoms with E-state index in [1.54, 1.807) is 42.7 Å². The minimum atomic E-state index is -0.250. The Balaban J connectivity index is 1.95. The van der Waals surface area contributed by atoms with E-state index >= 15 is 0 Å². The largest absolute Gasteiger partial charge is 0.322 e. The minimum absolute atomic E-state index is 0.250. The van der Waals surface area contributed by atoms with Crippen LogP contribution in [0, 0.1) is 0 Å². The van der Waals surface area contributed by atoms with E-state index in [9.17, 15) is 4.79 Å². The maximum atomic E-state index is 12.4. The minimum Gasteiger partial charge on any atom is -0.322 e. The molecule has 0 radical (unpaired) electrons. The van der Waals surface area contributed by atoms with Crippen molar-refractivity contribution < 1.29 is 4.79 Å². The van der Waals surface area contributed by atoms with Crippen molar-refractivity contribution in [3.8, 4) is 0 Å². The zero-order valence-corrected chi connectivity index (χ0v) is 13.0. The molecule has 1 aromatic heterocycles. The number of anilines is 1. The molecule has 0 saturated heterocycles. The molecular formula is C15H9BrClN3O. The van der Waals surface area contributed by atoms with Crippen LogP contribution in [0.1, 0.15) is 10.4 Å². The van der Waals surface area contributed by atoms with Gasteiger partial charge in [0.05, 0.1) is 16.1 Å². The first-order valence-electron chi connectivity index (χ1n) is 6.11. The first-order chi connectivity index (χ1) is 10.1. The van der Waals surface area contributed by atoms with Crippen molar-refractivity contribution in [1.29, 1.82) is 0 Å². The molecule has 4 nitrogen and oxygen atoms in total. The predicted molar refractivity (Wildman–Crippen MR) is 86.6 cm³/mol. The molecule has 0 atom stereocenters. The summed E-state index contributed by atoms with van der Waals surface area (Å²) < 4.78 is 0.776. The van der Waals surface area contributed by atoms with Gasteiger partial charge in [-0.3, -0.25) is 14.8 Å². The van der Waals surface area contributed by atoms with Crippen molar-refractivity contribution in [2.45, 2.75) is 0 Å². The Labute approximate surface area is 134 Å². The molecule has 0 aliphatic heterocycles. The number of benzene rings is 2. The number of nitrogens with zero attached hydrogens (tertiary/aromatic N) is 2. The third kappa shape index (κ3) is 2.89. The number of halogens is 2. The summed E-state index contributed by atoms with van der Waals surface area (Å²) in [5, 5.41) is 3.34. The van der Waals surface area contributed by atoms with Crippen LogP contribution >= 0.6 is 27.5 Å². The summed E-state index contributed by atoms with van der Waals surface area (Å²) in [6.07, 6.45) is 3.16. The van der Waals surface area contributed by atoms with E-state index in [0.29, 0.717) is 27.3 Å². The van der Waals surface area contributed by atoms with E-state index in [0.717, 1.165) is 4.47 Å². The maximum absolute atomic E-state index is 12.4. The van der Waals surface area contributed by atoms with Crippen LogP contribution in [0.2, 0.25) is 5.02 Å². The standard InChI is InChI=1S/C15H9BrClN3O/c16-11-5-4-9(8-12(11)17)20-15(21)10-2-1-3-13-14(10)19-7-6-18-13/h1-8H,(H,20,21). The topological polar surface area (TPSA) is 54.9 Å². The Kier molecular flexibility index (Phi) is 3.86. The molecule has 0 aliphatic rings. The second-order valence-corrected chi connectivity index (χ2v) is 5.57. The molecule has 0 spiro atoms. The van der Waals surface area contributed by atoms with Gasteiger partial charge in [-0.1, -0.05) is 17.7 Å². The molecule has 0 bridgehead atoms. The van der Waals surface area contributed by atoms with Gasteiger partial charge in [-0.25, -0.2) is 0 Å². The SMILES string of the molecule is O=C(Nc1ccc(Br)c(Cl)c1)c1cccc2nccnc12. The summed E-state index contributed by atoms with van der Waals surface area (Å²) in [5.41, 5.74) is 2.34. The number of hydrogen-bond donors (Lipinski definition) is 1. The number of para-hydroxylation sites is 1. The summed E-state index contributed by atoms with van der Waals surface area (Å²) in [6, 6.07) is 10.5. The Morgan fingerprint density at radius 1 is 1.14 bits per heavy atom. The average molecular weight is 363 g/mol. The van der Waals surface area contributed by atoms with E-state index < -0.39 is 0 Å². The number of nitrogens with one attached hydrogen (secondary N) is 1. The van der Waals surface area contributed by atoms with Crippen LogP contribution in [-0.2, 0) is 0 Å². The van der Waals surface area contributed by atoms with E-state index in [-0.39, 0.29) is 5.91 Å². The van der Waals surface area contributed by atoms with Crippen LogP contribution in [0.5, 0.6) is 0 Å². The molecule has 3 aromatic rings. The van der Waals surface area contributed by atoms with Crippen molar-refractivity contribution in [2.24, 2.45) is 0 Å². The van der Waals surface area contributed by atoms with Crippen LogP contribution in [-0.4, -0.2) is 15.9 Å². The lowest BCUT2D eigenvalue weighted by Gasteiger charge is -2.08. The summed E-state index contributed by atoms with van der Waals surface area (Å²) in [7, 11) is 0. The molecule has 0 unspecified atom stereocenters. The fourth-order valence-electron chi connectivity index (χ4n) is 1.95. The van der Waals surface area contributed by atoms with E-state index in [2.05, 4.69) is 31.2 Å². The molecule has 0 aliphatic carbocycles. The molecule has 21 heavy (non-hydrogen) atoms. The van der Waals surface area contributed by atoms with Crippen LogP contribution < -0.4 is 5.32 Å². The van der Waals surface area contributed by atoms with Crippen molar-refractivity contribution >= 4 is 50.2 Å². The first kappa shape index (κ1) is 14.0. The summed E-state index contributed by atoms with van der Waals surface area (Å²) in [5.74, 6) is -0.250. The predicted octanol–water partition coefficient (Wildman–Crippen LogP) is 4.30. The van der Waals surface area contributed by atoms with Crippen LogP contribution in [0.3, 0.4) is 0 Å². The molecule has 104 valence electrons. The van der Waals surface area contributed by atoms with Gasteiger partial charge in [0.2, 0.25) is 0 Å². The van der Waals surface area contributed by atoms with E-state index in [1.165, 1.54) is 0 Å². The Bertz CT molecular complexity index is 833. The number of hydrogen-bond acceptors (Lipinski definition) is 3. The lowest BCUT2D eigenvalue weighted by Crippen LogP contribution is -2.12. The van der Waals surface area contributed by atoms with E-state index in [4.69, 9.17) is 11.6 Å². The second kappa shape index (κ2) is 5.79.